The van der Waals surface area contributed by atoms with E-state index in [2.05, 4.69) is 20.4 Å². The van der Waals surface area contributed by atoms with Crippen LogP contribution in [-0.2, 0) is 20.4 Å². The maximum atomic E-state index is 12.9. The van der Waals surface area contributed by atoms with Crippen LogP contribution in [0.4, 0.5) is 26.3 Å². The van der Waals surface area contributed by atoms with Crippen LogP contribution in [0, 0.1) is 0 Å². The van der Waals surface area contributed by atoms with Gasteiger partial charge >= 0.3 is 12.5 Å². The Hall–Kier alpha value is -2.93. The number of amides is 2. The Morgan fingerprint density at radius 1 is 1.08 bits per heavy atom. The minimum absolute atomic E-state index is 0.00159. The first-order valence-electron chi connectivity index (χ1n) is 11.3. The second-order valence-corrected chi connectivity index (χ2v) is 9.03. The van der Waals surface area contributed by atoms with E-state index in [9.17, 15) is 35.9 Å². The van der Waals surface area contributed by atoms with Gasteiger partial charge in [0.15, 0.2) is 0 Å². The van der Waals surface area contributed by atoms with Crippen LogP contribution in [0.15, 0.2) is 30.3 Å². The molecule has 0 unspecified atom stereocenters. The molecular weight excluding hydrogens is 496 g/mol. The van der Waals surface area contributed by atoms with E-state index in [0.29, 0.717) is 25.7 Å². The van der Waals surface area contributed by atoms with Gasteiger partial charge in [0, 0.05) is 5.39 Å². The molecule has 2 fully saturated rings. The standard InChI is InChI=1S/C23H23F6N3O4/c24-22(25,26)14-3-6-16-13(10-14)2-5-17(31-16)19(33)30-15-4-7-18(35-11-15)20(34)32-21(8-1-9-21)12-36-23(27,28)29/h2-3,5-6,10,15,18H,1,4,7-9,11-12H2,(H,30,33)(H,32,34)/t15-,18+/m1/s1. The predicted octanol–water partition coefficient (Wildman–Crippen LogP) is 4.11. The molecule has 1 aromatic carbocycles. The normalized spacial score (nSPS) is 22.1. The molecule has 1 aliphatic heterocycles. The summed E-state index contributed by atoms with van der Waals surface area (Å²) in [4.78, 5) is 29.3. The van der Waals surface area contributed by atoms with Gasteiger partial charge in [0.05, 0.1) is 35.9 Å². The number of alkyl halides is 6. The minimum Gasteiger partial charge on any atom is -0.366 e. The zero-order chi connectivity index (χ0) is 26.1. The molecule has 0 radical (unpaired) electrons. The van der Waals surface area contributed by atoms with E-state index in [0.717, 1.165) is 12.1 Å². The first kappa shape index (κ1) is 26.1. The Labute approximate surface area is 201 Å². The van der Waals surface area contributed by atoms with Gasteiger partial charge in [-0.15, -0.1) is 13.2 Å². The van der Waals surface area contributed by atoms with Crippen LogP contribution in [0.2, 0.25) is 0 Å². The molecular formula is C23H23F6N3O4. The second kappa shape index (κ2) is 9.85. The molecule has 36 heavy (non-hydrogen) atoms. The molecule has 2 amide bonds. The fourth-order valence-electron chi connectivity index (χ4n) is 4.23. The molecule has 2 N–H and O–H groups in total. The Morgan fingerprint density at radius 3 is 2.42 bits per heavy atom. The Balaban J connectivity index is 1.29. The quantitative estimate of drug-likeness (QED) is 0.561. The lowest BCUT2D eigenvalue weighted by molar-refractivity contribution is -0.332. The Bertz CT molecular complexity index is 1130. The molecule has 13 heteroatoms. The number of carbonyl (C=O) groups excluding carboxylic acids is 2. The SMILES string of the molecule is O=C(N[C@@H]1CC[C@@H](C(=O)NC2(COC(F)(F)F)CCC2)OC1)c1ccc2cc(C(F)(F)F)ccc2n1. The van der Waals surface area contributed by atoms with Crippen molar-refractivity contribution in [1.29, 1.82) is 0 Å². The smallest absolute Gasteiger partial charge is 0.366 e. The lowest BCUT2D eigenvalue weighted by atomic mass is 9.77. The van der Waals surface area contributed by atoms with E-state index in [1.807, 2.05) is 0 Å². The molecule has 1 aliphatic carbocycles. The molecule has 2 heterocycles. The highest BCUT2D eigenvalue weighted by Gasteiger charge is 2.44. The van der Waals surface area contributed by atoms with Crippen LogP contribution in [-0.4, -0.2) is 54.1 Å². The van der Waals surface area contributed by atoms with Crippen molar-refractivity contribution in [3.63, 3.8) is 0 Å². The van der Waals surface area contributed by atoms with Crippen molar-refractivity contribution >= 4 is 22.7 Å². The number of halogens is 6. The Kier molecular flexibility index (Phi) is 7.15. The summed E-state index contributed by atoms with van der Waals surface area (Å²) < 4.78 is 85.3. The number of hydrogen-bond donors (Lipinski definition) is 2. The number of fused-ring (bicyclic) bond motifs is 1. The van der Waals surface area contributed by atoms with Gasteiger partial charge in [0.25, 0.3) is 5.91 Å². The van der Waals surface area contributed by atoms with E-state index in [4.69, 9.17) is 4.74 Å². The highest BCUT2D eigenvalue weighted by Crippen LogP contribution is 2.35. The lowest BCUT2D eigenvalue weighted by Gasteiger charge is -2.43. The number of nitrogens with zero attached hydrogens (tertiary/aromatic N) is 1. The zero-order valence-corrected chi connectivity index (χ0v) is 18.8. The fourth-order valence-corrected chi connectivity index (χ4v) is 4.23. The summed E-state index contributed by atoms with van der Waals surface area (Å²) in [5.41, 5.74) is -1.64. The van der Waals surface area contributed by atoms with Crippen molar-refractivity contribution in [3.05, 3.63) is 41.6 Å². The van der Waals surface area contributed by atoms with E-state index in [1.165, 1.54) is 18.2 Å². The topological polar surface area (TPSA) is 89.6 Å². The molecule has 0 bridgehead atoms. The largest absolute Gasteiger partial charge is 0.522 e. The number of hydrogen-bond acceptors (Lipinski definition) is 5. The first-order chi connectivity index (χ1) is 16.8. The van der Waals surface area contributed by atoms with E-state index < -0.39 is 54.2 Å². The van der Waals surface area contributed by atoms with Crippen LogP contribution >= 0.6 is 0 Å². The number of ether oxygens (including phenoxy) is 2. The predicted molar refractivity (Wildman–Crippen MR) is 114 cm³/mol. The molecule has 1 saturated carbocycles. The summed E-state index contributed by atoms with van der Waals surface area (Å²) in [7, 11) is 0. The maximum Gasteiger partial charge on any atom is 0.522 e. The van der Waals surface area contributed by atoms with E-state index >= 15 is 0 Å². The molecule has 1 saturated heterocycles. The minimum atomic E-state index is -4.79. The molecule has 196 valence electrons. The van der Waals surface area contributed by atoms with Crippen LogP contribution in [0.3, 0.4) is 0 Å². The van der Waals surface area contributed by atoms with Crippen LogP contribution < -0.4 is 10.6 Å². The van der Waals surface area contributed by atoms with Gasteiger partial charge in [0.2, 0.25) is 5.91 Å². The molecule has 2 atom stereocenters. The average Bonchev–Trinajstić information content (AvgIpc) is 2.79. The second-order valence-electron chi connectivity index (χ2n) is 9.03. The van der Waals surface area contributed by atoms with Crippen molar-refractivity contribution in [2.24, 2.45) is 0 Å². The lowest BCUT2D eigenvalue weighted by Crippen LogP contribution is -2.60. The number of carbonyl (C=O) groups is 2. The highest BCUT2D eigenvalue weighted by molar-refractivity contribution is 5.95. The molecule has 7 nitrogen and oxygen atoms in total. The van der Waals surface area contributed by atoms with Gasteiger partial charge in [-0.25, -0.2) is 4.98 Å². The third kappa shape index (κ3) is 6.25. The summed E-state index contributed by atoms with van der Waals surface area (Å²) in [5.74, 6) is -1.08. The fraction of sp³-hybridized carbons (Fsp3) is 0.522. The molecule has 2 aromatic rings. The first-order valence-corrected chi connectivity index (χ1v) is 11.3. The number of rotatable bonds is 6. The number of nitrogens with one attached hydrogen (secondary N) is 2. The molecule has 0 spiro atoms. The van der Waals surface area contributed by atoms with Crippen LogP contribution in [0.1, 0.15) is 48.2 Å². The van der Waals surface area contributed by atoms with Crippen LogP contribution in [0.5, 0.6) is 0 Å². The van der Waals surface area contributed by atoms with E-state index in [-0.39, 0.29) is 29.6 Å². The Morgan fingerprint density at radius 2 is 1.83 bits per heavy atom. The van der Waals surface area contributed by atoms with Crippen molar-refractivity contribution < 1.29 is 45.4 Å². The maximum absolute atomic E-state index is 12.9. The van der Waals surface area contributed by atoms with Gasteiger partial charge in [-0.2, -0.15) is 13.2 Å². The van der Waals surface area contributed by atoms with Crippen molar-refractivity contribution in [2.45, 2.75) is 62.3 Å². The molecule has 1 aromatic heterocycles. The molecule has 2 aliphatic rings. The van der Waals surface area contributed by atoms with Crippen molar-refractivity contribution in [3.8, 4) is 0 Å². The number of benzene rings is 1. The van der Waals surface area contributed by atoms with E-state index in [1.54, 1.807) is 0 Å². The summed E-state index contributed by atoms with van der Waals surface area (Å²) in [5, 5.41) is 5.58. The summed E-state index contributed by atoms with van der Waals surface area (Å²) in [6.45, 7) is -0.664. The third-order valence-electron chi connectivity index (χ3n) is 6.36. The monoisotopic (exact) mass is 519 g/mol. The third-order valence-corrected chi connectivity index (χ3v) is 6.36. The summed E-state index contributed by atoms with van der Waals surface area (Å²) >= 11 is 0. The van der Waals surface area contributed by atoms with Crippen molar-refractivity contribution in [2.75, 3.05) is 13.2 Å². The zero-order valence-electron chi connectivity index (χ0n) is 18.8. The van der Waals surface area contributed by atoms with Crippen molar-refractivity contribution in [1.82, 2.24) is 15.6 Å². The van der Waals surface area contributed by atoms with Gasteiger partial charge < -0.3 is 15.4 Å². The summed E-state index contributed by atoms with van der Waals surface area (Å²) in [6, 6.07) is 5.28. The van der Waals surface area contributed by atoms with Gasteiger partial charge in [0.1, 0.15) is 11.8 Å². The van der Waals surface area contributed by atoms with Gasteiger partial charge in [-0.05, 0) is 56.4 Å². The molecule has 4 rings (SSSR count). The number of aromatic nitrogens is 1. The summed E-state index contributed by atoms with van der Waals surface area (Å²) in [6.07, 6.45) is -8.12. The van der Waals surface area contributed by atoms with Crippen LogP contribution in [0.25, 0.3) is 10.9 Å². The number of pyridine rings is 1. The average molecular weight is 519 g/mol. The van der Waals surface area contributed by atoms with Gasteiger partial charge in [-0.1, -0.05) is 6.07 Å². The van der Waals surface area contributed by atoms with Gasteiger partial charge in [-0.3, -0.25) is 14.3 Å². The highest BCUT2D eigenvalue weighted by atomic mass is 19.4.